The van der Waals surface area contributed by atoms with Gasteiger partial charge in [0, 0.05) is 6.42 Å². The van der Waals surface area contributed by atoms with Crippen LogP contribution in [-0.2, 0) is 14.6 Å². The predicted octanol–water partition coefficient (Wildman–Crippen LogP) is 1.25. The summed E-state index contributed by atoms with van der Waals surface area (Å²) in [7, 11) is -3.50. The fraction of sp³-hybridized carbons (Fsp3) is 0.300. The number of anilines is 1. The van der Waals surface area contributed by atoms with Crippen LogP contribution in [0.1, 0.15) is 12.0 Å². The molecule has 86 valence electrons. The summed E-state index contributed by atoms with van der Waals surface area (Å²) in [6.07, 6.45) is -0.0995. The van der Waals surface area contributed by atoms with E-state index in [1.807, 2.05) is 0 Å². The van der Waals surface area contributed by atoms with E-state index in [2.05, 4.69) is 5.32 Å². The van der Waals surface area contributed by atoms with Gasteiger partial charge in [-0.3, -0.25) is 4.79 Å². The van der Waals surface area contributed by atoms with Gasteiger partial charge in [-0.25, -0.2) is 12.8 Å². The van der Waals surface area contributed by atoms with Crippen LogP contribution in [0.15, 0.2) is 17.0 Å². The highest BCUT2D eigenvalue weighted by Crippen LogP contribution is 2.28. The first-order chi connectivity index (χ1) is 7.40. The van der Waals surface area contributed by atoms with E-state index in [0.717, 1.165) is 6.07 Å². The zero-order chi connectivity index (χ0) is 11.9. The Morgan fingerprint density at radius 3 is 2.75 bits per heavy atom. The number of rotatable bonds is 0. The zero-order valence-corrected chi connectivity index (χ0v) is 9.40. The Morgan fingerprint density at radius 2 is 2.06 bits per heavy atom. The molecule has 0 bridgehead atoms. The highest BCUT2D eigenvalue weighted by atomic mass is 32.2. The third-order valence-corrected chi connectivity index (χ3v) is 4.22. The predicted molar refractivity (Wildman–Crippen MR) is 56.4 cm³/mol. The van der Waals surface area contributed by atoms with Crippen molar-refractivity contribution in [3.05, 3.63) is 23.5 Å². The Kier molecular flexibility index (Phi) is 2.46. The molecular formula is C10H10FNO3S. The normalized spacial score (nSPS) is 18.5. The molecule has 1 aromatic carbocycles. The molecule has 0 aliphatic carbocycles. The largest absolute Gasteiger partial charge is 0.325 e. The first kappa shape index (κ1) is 11.1. The van der Waals surface area contributed by atoms with Crippen LogP contribution in [0.3, 0.4) is 0 Å². The third-order valence-electron chi connectivity index (χ3n) is 2.47. The quantitative estimate of drug-likeness (QED) is 0.697. The van der Waals surface area contributed by atoms with E-state index in [1.54, 1.807) is 0 Å². The number of carbonyl (C=O) groups excluding carboxylic acids is 1. The summed E-state index contributed by atoms with van der Waals surface area (Å²) < 4.78 is 36.8. The molecule has 2 rings (SSSR count). The second kappa shape index (κ2) is 3.55. The van der Waals surface area contributed by atoms with Crippen LogP contribution in [0, 0.1) is 12.7 Å². The number of sulfone groups is 1. The molecule has 4 nitrogen and oxygen atoms in total. The summed E-state index contributed by atoms with van der Waals surface area (Å²) in [5.74, 6) is -1.18. The minimum absolute atomic E-state index is 0.00255. The van der Waals surface area contributed by atoms with Gasteiger partial charge < -0.3 is 5.32 Å². The van der Waals surface area contributed by atoms with Crippen molar-refractivity contribution in [2.24, 2.45) is 0 Å². The maximum Gasteiger partial charge on any atom is 0.225 e. The van der Waals surface area contributed by atoms with E-state index in [4.69, 9.17) is 0 Å². The molecule has 16 heavy (non-hydrogen) atoms. The van der Waals surface area contributed by atoms with Gasteiger partial charge in [-0.15, -0.1) is 0 Å². The number of aryl methyl sites for hydroxylation is 1. The highest BCUT2D eigenvalue weighted by molar-refractivity contribution is 7.91. The van der Waals surface area contributed by atoms with Crippen molar-refractivity contribution in [2.75, 3.05) is 11.1 Å². The van der Waals surface area contributed by atoms with Crippen molar-refractivity contribution >= 4 is 21.4 Å². The summed E-state index contributed by atoms with van der Waals surface area (Å²) >= 11 is 0. The standard InChI is InChI=1S/C10H10FNO3S/c1-6-4-9-8(5-7(6)11)12-10(13)2-3-16(9,14)15/h4-5H,2-3H2,1H3,(H,12,13). The minimum atomic E-state index is -3.50. The average molecular weight is 243 g/mol. The lowest BCUT2D eigenvalue weighted by Gasteiger charge is -2.08. The van der Waals surface area contributed by atoms with E-state index >= 15 is 0 Å². The lowest BCUT2D eigenvalue weighted by Crippen LogP contribution is -2.11. The number of hydrogen-bond acceptors (Lipinski definition) is 3. The lowest BCUT2D eigenvalue weighted by molar-refractivity contribution is -0.115. The second-order valence-corrected chi connectivity index (χ2v) is 5.79. The van der Waals surface area contributed by atoms with Gasteiger partial charge in [-0.05, 0) is 24.6 Å². The topological polar surface area (TPSA) is 63.2 Å². The molecular weight excluding hydrogens is 233 g/mol. The van der Waals surface area contributed by atoms with E-state index in [9.17, 15) is 17.6 Å². The molecule has 0 spiro atoms. The van der Waals surface area contributed by atoms with Gasteiger partial charge in [0.25, 0.3) is 0 Å². The molecule has 0 unspecified atom stereocenters. The van der Waals surface area contributed by atoms with E-state index < -0.39 is 21.6 Å². The van der Waals surface area contributed by atoms with Crippen LogP contribution in [0.5, 0.6) is 0 Å². The molecule has 0 saturated carbocycles. The summed E-state index contributed by atoms with van der Waals surface area (Å²) in [6.45, 7) is 1.48. The maximum atomic E-state index is 13.3. The van der Waals surface area contributed by atoms with Crippen molar-refractivity contribution < 1.29 is 17.6 Å². The van der Waals surface area contributed by atoms with Gasteiger partial charge in [0.15, 0.2) is 9.84 Å². The van der Waals surface area contributed by atoms with Crippen LogP contribution in [0.25, 0.3) is 0 Å². The highest BCUT2D eigenvalue weighted by Gasteiger charge is 2.26. The molecule has 0 fully saturated rings. The monoisotopic (exact) mass is 243 g/mol. The van der Waals surface area contributed by atoms with Crippen LogP contribution >= 0.6 is 0 Å². The summed E-state index contributed by atoms with van der Waals surface area (Å²) in [5, 5.41) is 2.39. The molecule has 0 aromatic heterocycles. The van der Waals surface area contributed by atoms with Crippen LogP contribution in [0.2, 0.25) is 0 Å². The molecule has 1 aliphatic heterocycles. The number of fused-ring (bicyclic) bond motifs is 1. The number of halogens is 1. The fourth-order valence-electron chi connectivity index (χ4n) is 1.56. The van der Waals surface area contributed by atoms with E-state index in [0.29, 0.717) is 0 Å². The molecule has 6 heteroatoms. The fourth-order valence-corrected chi connectivity index (χ4v) is 3.04. The number of amides is 1. The Bertz CT molecular complexity index is 566. The van der Waals surface area contributed by atoms with Crippen molar-refractivity contribution in [1.82, 2.24) is 0 Å². The number of benzene rings is 1. The third kappa shape index (κ3) is 1.80. The molecule has 1 heterocycles. The van der Waals surface area contributed by atoms with Gasteiger partial charge in [0.1, 0.15) is 5.82 Å². The van der Waals surface area contributed by atoms with Crippen LogP contribution in [0.4, 0.5) is 10.1 Å². The SMILES string of the molecule is Cc1cc2c(cc1F)NC(=O)CCS2(=O)=O. The van der Waals surface area contributed by atoms with Gasteiger partial charge in [-0.1, -0.05) is 0 Å². The van der Waals surface area contributed by atoms with Crippen LogP contribution in [-0.4, -0.2) is 20.1 Å². The molecule has 0 atom stereocenters. The van der Waals surface area contributed by atoms with E-state index in [-0.39, 0.29) is 28.3 Å². The lowest BCUT2D eigenvalue weighted by atomic mass is 10.2. The average Bonchev–Trinajstić information content (AvgIpc) is 2.29. The van der Waals surface area contributed by atoms with Crippen molar-refractivity contribution in [2.45, 2.75) is 18.2 Å². The molecule has 1 aromatic rings. The maximum absolute atomic E-state index is 13.3. The number of nitrogens with one attached hydrogen (secondary N) is 1. The Labute approximate surface area is 92.4 Å². The van der Waals surface area contributed by atoms with Gasteiger partial charge in [-0.2, -0.15) is 0 Å². The van der Waals surface area contributed by atoms with Gasteiger partial charge in [0.2, 0.25) is 5.91 Å². The molecule has 0 radical (unpaired) electrons. The number of hydrogen-bond donors (Lipinski definition) is 1. The second-order valence-electron chi connectivity index (χ2n) is 3.71. The Morgan fingerprint density at radius 1 is 1.38 bits per heavy atom. The van der Waals surface area contributed by atoms with Gasteiger partial charge >= 0.3 is 0 Å². The van der Waals surface area contributed by atoms with Crippen molar-refractivity contribution in [3.63, 3.8) is 0 Å². The van der Waals surface area contributed by atoms with Gasteiger partial charge in [0.05, 0.1) is 16.3 Å². The Balaban J connectivity index is 2.71. The summed E-state index contributed by atoms with van der Waals surface area (Å²) in [4.78, 5) is 11.2. The molecule has 1 aliphatic rings. The molecule has 0 saturated heterocycles. The number of carbonyl (C=O) groups is 1. The van der Waals surface area contributed by atoms with Crippen molar-refractivity contribution in [1.29, 1.82) is 0 Å². The first-order valence-corrected chi connectivity index (χ1v) is 6.38. The summed E-state index contributed by atoms with van der Waals surface area (Å²) in [6, 6.07) is 2.30. The minimum Gasteiger partial charge on any atom is -0.325 e. The Hall–Kier alpha value is -1.43. The zero-order valence-electron chi connectivity index (χ0n) is 8.58. The summed E-state index contributed by atoms with van der Waals surface area (Å²) in [5.41, 5.74) is 0.282. The van der Waals surface area contributed by atoms with Crippen LogP contribution < -0.4 is 5.32 Å². The smallest absolute Gasteiger partial charge is 0.225 e. The molecule has 1 N–H and O–H groups in total. The first-order valence-electron chi connectivity index (χ1n) is 4.73. The van der Waals surface area contributed by atoms with E-state index in [1.165, 1.54) is 13.0 Å². The molecule has 1 amide bonds. The van der Waals surface area contributed by atoms with Crippen molar-refractivity contribution in [3.8, 4) is 0 Å².